The number of aromatic nitrogens is 1. The summed E-state index contributed by atoms with van der Waals surface area (Å²) in [5, 5.41) is 3.45. The molecule has 112 valence electrons. The lowest BCUT2D eigenvalue weighted by molar-refractivity contribution is -0.0318. The molecule has 5 heteroatoms. The number of hydrogen-bond acceptors (Lipinski definition) is 5. The van der Waals surface area contributed by atoms with Crippen molar-refractivity contribution in [3.05, 3.63) is 23.9 Å². The summed E-state index contributed by atoms with van der Waals surface area (Å²) in [6.45, 7) is 8.05. The van der Waals surface area contributed by atoms with Crippen molar-refractivity contribution in [2.75, 3.05) is 39.1 Å². The van der Waals surface area contributed by atoms with E-state index in [4.69, 9.17) is 10.5 Å². The minimum atomic E-state index is -0.00428. The Morgan fingerprint density at radius 1 is 1.50 bits per heavy atom. The molecule has 0 radical (unpaired) electrons. The van der Waals surface area contributed by atoms with Gasteiger partial charge in [0.1, 0.15) is 5.82 Å². The van der Waals surface area contributed by atoms with E-state index in [0.29, 0.717) is 5.82 Å². The van der Waals surface area contributed by atoms with E-state index in [9.17, 15) is 0 Å². The fraction of sp³-hybridized carbons (Fsp3) is 0.667. The van der Waals surface area contributed by atoms with Crippen molar-refractivity contribution >= 4 is 5.82 Å². The van der Waals surface area contributed by atoms with Crippen molar-refractivity contribution in [1.82, 2.24) is 15.2 Å². The zero-order valence-electron chi connectivity index (χ0n) is 12.7. The van der Waals surface area contributed by atoms with Crippen LogP contribution in [0, 0.1) is 0 Å². The first-order valence-electron chi connectivity index (χ1n) is 7.34. The highest BCUT2D eigenvalue weighted by Crippen LogP contribution is 2.36. The van der Waals surface area contributed by atoms with E-state index in [-0.39, 0.29) is 11.6 Å². The molecule has 0 aliphatic carbocycles. The molecule has 2 atom stereocenters. The number of nitrogen functional groups attached to an aromatic ring is 1. The van der Waals surface area contributed by atoms with E-state index in [1.807, 2.05) is 13.1 Å². The molecule has 0 bridgehead atoms. The van der Waals surface area contributed by atoms with Gasteiger partial charge in [-0.05, 0) is 26.5 Å². The van der Waals surface area contributed by atoms with Gasteiger partial charge in [0.05, 0.1) is 19.3 Å². The van der Waals surface area contributed by atoms with Gasteiger partial charge >= 0.3 is 0 Å². The average Bonchev–Trinajstić information content (AvgIpc) is 2.50. The van der Waals surface area contributed by atoms with Gasteiger partial charge in [0.15, 0.2) is 0 Å². The monoisotopic (exact) mass is 278 g/mol. The van der Waals surface area contributed by atoms with Gasteiger partial charge in [-0.15, -0.1) is 0 Å². The van der Waals surface area contributed by atoms with Crippen LogP contribution in [0.5, 0.6) is 0 Å². The van der Waals surface area contributed by atoms with Gasteiger partial charge in [-0.3, -0.25) is 4.90 Å². The summed E-state index contributed by atoms with van der Waals surface area (Å²) >= 11 is 0. The Hall–Kier alpha value is -1.17. The van der Waals surface area contributed by atoms with Crippen LogP contribution in [0.3, 0.4) is 0 Å². The molecule has 0 spiro atoms. The second-order valence-electron chi connectivity index (χ2n) is 5.51. The molecule has 0 aromatic carbocycles. The molecule has 5 nitrogen and oxygen atoms in total. The fourth-order valence-electron chi connectivity index (χ4n) is 3.16. The number of hydrogen-bond donors (Lipinski definition) is 2. The third-order valence-corrected chi connectivity index (χ3v) is 4.54. The van der Waals surface area contributed by atoms with Crippen molar-refractivity contribution in [2.45, 2.75) is 31.8 Å². The van der Waals surface area contributed by atoms with Crippen molar-refractivity contribution < 1.29 is 4.74 Å². The van der Waals surface area contributed by atoms with Crippen LogP contribution in [0.2, 0.25) is 0 Å². The molecule has 1 aliphatic heterocycles. The summed E-state index contributed by atoms with van der Waals surface area (Å²) in [4.78, 5) is 6.74. The number of nitrogens with zero attached hydrogens (tertiary/aromatic N) is 2. The van der Waals surface area contributed by atoms with E-state index in [0.717, 1.165) is 38.3 Å². The number of pyridine rings is 1. The molecule has 1 aromatic rings. The van der Waals surface area contributed by atoms with Crippen LogP contribution in [-0.2, 0) is 4.74 Å². The molecule has 1 aromatic heterocycles. The Kier molecular flexibility index (Phi) is 4.96. The Bertz CT molecular complexity index is 434. The largest absolute Gasteiger partial charge is 0.383 e. The first-order chi connectivity index (χ1) is 9.63. The fourth-order valence-corrected chi connectivity index (χ4v) is 3.16. The highest BCUT2D eigenvalue weighted by atomic mass is 16.5. The van der Waals surface area contributed by atoms with Crippen LogP contribution in [0.25, 0.3) is 0 Å². The number of rotatable bonds is 5. The summed E-state index contributed by atoms with van der Waals surface area (Å²) in [5.74, 6) is 0.611. The lowest BCUT2D eigenvalue weighted by Gasteiger charge is -2.48. The molecule has 3 N–H and O–H groups in total. The number of ether oxygens (including phenoxy) is 1. The number of nitrogens with one attached hydrogen (secondary N) is 1. The van der Waals surface area contributed by atoms with E-state index in [1.54, 1.807) is 6.20 Å². The van der Waals surface area contributed by atoms with E-state index in [2.05, 4.69) is 35.1 Å². The Morgan fingerprint density at radius 2 is 2.20 bits per heavy atom. The number of morpholine rings is 1. The standard InChI is InChI=1S/C15H26N4O/c1-4-15(2,19-8-10-20-11-9-19)13(17-3)12-6-5-7-18-14(12)16/h5-7,13,17H,4,8-11H2,1-3H3,(H2,16,18). The maximum atomic E-state index is 6.08. The van der Waals surface area contributed by atoms with Crippen LogP contribution in [0.15, 0.2) is 18.3 Å². The zero-order valence-corrected chi connectivity index (χ0v) is 12.7. The zero-order chi connectivity index (χ0) is 14.6. The predicted molar refractivity (Wildman–Crippen MR) is 81.5 cm³/mol. The van der Waals surface area contributed by atoms with Crippen LogP contribution in [-0.4, -0.2) is 48.8 Å². The number of likely N-dealkylation sites (N-methyl/N-ethyl adjacent to an activating group) is 1. The van der Waals surface area contributed by atoms with Gasteiger partial charge in [-0.1, -0.05) is 13.0 Å². The van der Waals surface area contributed by atoms with Gasteiger partial charge in [-0.2, -0.15) is 0 Å². The predicted octanol–water partition coefficient (Wildman–Crippen LogP) is 1.43. The van der Waals surface area contributed by atoms with Crippen LogP contribution >= 0.6 is 0 Å². The summed E-state index contributed by atoms with van der Waals surface area (Å²) < 4.78 is 5.48. The van der Waals surface area contributed by atoms with E-state index in [1.165, 1.54) is 0 Å². The van der Waals surface area contributed by atoms with Crippen LogP contribution in [0.4, 0.5) is 5.82 Å². The van der Waals surface area contributed by atoms with Crippen molar-refractivity contribution in [1.29, 1.82) is 0 Å². The van der Waals surface area contributed by atoms with Gasteiger partial charge in [0, 0.05) is 30.4 Å². The normalized spacial score (nSPS) is 21.4. The quantitative estimate of drug-likeness (QED) is 0.853. The molecule has 1 aliphatic rings. The maximum Gasteiger partial charge on any atom is 0.128 e. The smallest absolute Gasteiger partial charge is 0.128 e. The molecule has 1 saturated heterocycles. The first-order valence-corrected chi connectivity index (χ1v) is 7.34. The molecule has 2 heterocycles. The summed E-state index contributed by atoms with van der Waals surface area (Å²) in [7, 11) is 1.99. The van der Waals surface area contributed by atoms with Gasteiger partial charge in [-0.25, -0.2) is 4.98 Å². The summed E-state index contributed by atoms with van der Waals surface area (Å²) in [6, 6.07) is 4.17. The molecule has 1 fully saturated rings. The van der Waals surface area contributed by atoms with Gasteiger partial charge in [0.2, 0.25) is 0 Å². The van der Waals surface area contributed by atoms with Crippen LogP contribution < -0.4 is 11.1 Å². The first kappa shape index (κ1) is 15.2. The van der Waals surface area contributed by atoms with E-state index < -0.39 is 0 Å². The van der Waals surface area contributed by atoms with Crippen molar-refractivity contribution in [2.24, 2.45) is 0 Å². The Labute approximate surface area is 121 Å². The molecular weight excluding hydrogens is 252 g/mol. The molecular formula is C15H26N4O. The third kappa shape index (κ3) is 2.80. The summed E-state index contributed by atoms with van der Waals surface area (Å²) in [5.41, 5.74) is 7.15. The highest BCUT2D eigenvalue weighted by Gasteiger charge is 2.39. The van der Waals surface area contributed by atoms with Crippen molar-refractivity contribution in [3.8, 4) is 0 Å². The maximum absolute atomic E-state index is 6.08. The minimum Gasteiger partial charge on any atom is -0.383 e. The summed E-state index contributed by atoms with van der Waals surface area (Å²) in [6.07, 6.45) is 2.77. The average molecular weight is 278 g/mol. The minimum absolute atomic E-state index is 0.00428. The van der Waals surface area contributed by atoms with Crippen LogP contribution in [0.1, 0.15) is 31.9 Å². The van der Waals surface area contributed by atoms with Gasteiger partial charge < -0.3 is 15.8 Å². The van der Waals surface area contributed by atoms with Crippen molar-refractivity contribution in [3.63, 3.8) is 0 Å². The Balaban J connectivity index is 2.33. The molecule has 2 unspecified atom stereocenters. The Morgan fingerprint density at radius 3 is 2.75 bits per heavy atom. The number of anilines is 1. The topological polar surface area (TPSA) is 63.4 Å². The molecule has 2 rings (SSSR count). The second kappa shape index (κ2) is 6.52. The molecule has 0 amide bonds. The van der Waals surface area contributed by atoms with E-state index >= 15 is 0 Å². The lowest BCUT2D eigenvalue weighted by atomic mass is 9.82. The highest BCUT2D eigenvalue weighted by molar-refractivity contribution is 5.42. The lowest BCUT2D eigenvalue weighted by Crippen LogP contribution is -2.57. The number of nitrogens with two attached hydrogens (primary N) is 1. The molecule has 0 saturated carbocycles. The molecule has 20 heavy (non-hydrogen) atoms. The second-order valence-corrected chi connectivity index (χ2v) is 5.51. The van der Waals surface area contributed by atoms with Gasteiger partial charge in [0.25, 0.3) is 0 Å². The SMILES string of the molecule is CCC(C)(C(NC)c1cccnc1N)N1CCOCC1. The third-order valence-electron chi connectivity index (χ3n) is 4.54.